The highest BCUT2D eigenvalue weighted by molar-refractivity contribution is 6.30. The molecule has 1 aromatic carbocycles. The van der Waals surface area contributed by atoms with Crippen molar-refractivity contribution in [2.75, 3.05) is 50.7 Å². The monoisotopic (exact) mass is 469 g/mol. The number of aliphatic hydroxyl groups excluding tert-OH is 1. The fourth-order valence-corrected chi connectivity index (χ4v) is 5.62. The van der Waals surface area contributed by atoms with Gasteiger partial charge in [-0.2, -0.15) is 0 Å². The molecule has 2 aromatic rings. The van der Waals surface area contributed by atoms with Crippen molar-refractivity contribution in [3.63, 3.8) is 0 Å². The highest BCUT2D eigenvalue weighted by atomic mass is 35.5. The molecule has 3 heterocycles. The number of nitrogens with zero attached hydrogens (tertiary/aromatic N) is 5. The van der Waals surface area contributed by atoms with Gasteiger partial charge in [0.05, 0.1) is 12.0 Å². The fraction of sp³-hybridized carbons (Fsp3) is 0.560. The number of aromatic nitrogens is 2. The molecule has 1 aliphatic carbocycles. The van der Waals surface area contributed by atoms with Crippen molar-refractivity contribution >= 4 is 23.3 Å². The summed E-state index contributed by atoms with van der Waals surface area (Å²) in [6.07, 6.45) is 4.31. The third kappa shape index (κ3) is 4.72. The molecule has 3 atom stereocenters. The Morgan fingerprint density at radius 1 is 1.12 bits per heavy atom. The van der Waals surface area contributed by atoms with Crippen LogP contribution in [0.5, 0.6) is 0 Å². The minimum Gasteiger partial charge on any atom is -0.392 e. The van der Waals surface area contributed by atoms with Crippen molar-refractivity contribution < 1.29 is 9.90 Å². The third-order valence-electron chi connectivity index (χ3n) is 7.40. The van der Waals surface area contributed by atoms with E-state index in [0.29, 0.717) is 37.1 Å². The molecule has 0 spiro atoms. The van der Waals surface area contributed by atoms with Crippen LogP contribution in [0.3, 0.4) is 0 Å². The molecule has 7 nitrogen and oxygen atoms in total. The van der Waals surface area contributed by atoms with Crippen LogP contribution in [-0.4, -0.2) is 82.7 Å². The van der Waals surface area contributed by atoms with Crippen LogP contribution in [0, 0.1) is 0 Å². The Balaban J connectivity index is 1.30. The summed E-state index contributed by atoms with van der Waals surface area (Å²) in [6.45, 7) is 7.23. The first-order valence-electron chi connectivity index (χ1n) is 12.0. The number of benzene rings is 1. The van der Waals surface area contributed by atoms with Gasteiger partial charge in [-0.05, 0) is 42.9 Å². The maximum Gasteiger partial charge on any atom is 0.231 e. The van der Waals surface area contributed by atoms with Gasteiger partial charge >= 0.3 is 0 Å². The molecule has 2 aliphatic heterocycles. The van der Waals surface area contributed by atoms with Crippen LogP contribution < -0.4 is 4.90 Å². The van der Waals surface area contributed by atoms with E-state index >= 15 is 0 Å². The average molecular weight is 470 g/mol. The van der Waals surface area contributed by atoms with Gasteiger partial charge in [-0.1, -0.05) is 30.7 Å². The summed E-state index contributed by atoms with van der Waals surface area (Å²) in [4.78, 5) is 29.3. The van der Waals surface area contributed by atoms with Crippen LogP contribution in [0.15, 0.2) is 30.6 Å². The van der Waals surface area contributed by atoms with Gasteiger partial charge in [0.1, 0.15) is 12.1 Å². The van der Waals surface area contributed by atoms with E-state index in [1.165, 1.54) is 11.3 Å². The molecule has 1 aromatic heterocycles. The van der Waals surface area contributed by atoms with Crippen LogP contribution in [0.2, 0.25) is 5.02 Å². The zero-order valence-electron chi connectivity index (χ0n) is 19.2. The largest absolute Gasteiger partial charge is 0.392 e. The highest BCUT2D eigenvalue weighted by Crippen LogP contribution is 2.37. The Labute approximate surface area is 200 Å². The SMILES string of the molecule is C[C@@H]1CCc2ncnc(N3CCN(C(=O)[C@@H](CN4CC[C@@H](O)C4)c4ccc(Cl)cc4)CC3)c21. The number of β-amino-alcohol motifs (C(OH)–C–C–N with tert-alkyl or cyclic N) is 1. The van der Waals surface area contributed by atoms with Crippen molar-refractivity contribution in [1.29, 1.82) is 0 Å². The molecular formula is C25H32ClN5O2. The number of anilines is 1. The summed E-state index contributed by atoms with van der Waals surface area (Å²) in [5.74, 6) is 1.43. The predicted molar refractivity (Wildman–Crippen MR) is 129 cm³/mol. The zero-order valence-corrected chi connectivity index (χ0v) is 19.9. The van der Waals surface area contributed by atoms with Gasteiger partial charge in [-0.3, -0.25) is 9.69 Å². The Hall–Kier alpha value is -2.22. The van der Waals surface area contributed by atoms with Gasteiger partial charge in [-0.25, -0.2) is 9.97 Å². The van der Waals surface area contributed by atoms with E-state index in [1.807, 2.05) is 29.2 Å². The molecule has 0 unspecified atom stereocenters. The van der Waals surface area contributed by atoms with E-state index in [-0.39, 0.29) is 17.9 Å². The maximum atomic E-state index is 13.7. The van der Waals surface area contributed by atoms with Crippen LogP contribution in [0.25, 0.3) is 0 Å². The lowest BCUT2D eigenvalue weighted by Gasteiger charge is -2.38. The molecule has 3 aliphatic rings. The summed E-state index contributed by atoms with van der Waals surface area (Å²) >= 11 is 6.10. The second-order valence-electron chi connectivity index (χ2n) is 9.62. The van der Waals surface area contributed by atoms with Gasteiger partial charge in [0.25, 0.3) is 0 Å². The summed E-state index contributed by atoms with van der Waals surface area (Å²) in [7, 11) is 0. The molecule has 2 saturated heterocycles. The molecule has 1 N–H and O–H groups in total. The molecule has 8 heteroatoms. The topological polar surface area (TPSA) is 72.8 Å². The number of piperazine rings is 1. The lowest BCUT2D eigenvalue weighted by molar-refractivity contribution is -0.133. The average Bonchev–Trinajstić information content (AvgIpc) is 3.43. The molecule has 176 valence electrons. The van der Waals surface area contributed by atoms with Gasteiger partial charge in [0.2, 0.25) is 5.91 Å². The first-order chi connectivity index (χ1) is 16.0. The molecular weight excluding hydrogens is 438 g/mol. The highest BCUT2D eigenvalue weighted by Gasteiger charge is 2.34. The van der Waals surface area contributed by atoms with E-state index in [4.69, 9.17) is 11.6 Å². The number of hydrogen-bond donors (Lipinski definition) is 1. The van der Waals surface area contributed by atoms with E-state index in [0.717, 1.165) is 50.3 Å². The molecule has 0 radical (unpaired) electrons. The number of carbonyl (C=O) groups excluding carboxylic acids is 1. The van der Waals surface area contributed by atoms with E-state index < -0.39 is 0 Å². The zero-order chi connectivity index (χ0) is 22.9. The van der Waals surface area contributed by atoms with E-state index in [1.54, 1.807) is 6.33 Å². The number of hydrogen-bond acceptors (Lipinski definition) is 6. The number of fused-ring (bicyclic) bond motifs is 1. The molecule has 5 rings (SSSR count). The lowest BCUT2D eigenvalue weighted by atomic mass is 9.96. The quantitative estimate of drug-likeness (QED) is 0.725. The number of carbonyl (C=O) groups is 1. The van der Waals surface area contributed by atoms with E-state index in [9.17, 15) is 9.90 Å². The number of amides is 1. The van der Waals surface area contributed by atoms with Crippen molar-refractivity contribution in [2.24, 2.45) is 0 Å². The number of aryl methyl sites for hydroxylation is 1. The van der Waals surface area contributed by atoms with Gasteiger partial charge < -0.3 is 14.9 Å². The van der Waals surface area contributed by atoms with Crippen LogP contribution in [0.4, 0.5) is 5.82 Å². The van der Waals surface area contributed by atoms with Crippen LogP contribution in [-0.2, 0) is 11.2 Å². The van der Waals surface area contributed by atoms with Gasteiger partial charge in [-0.15, -0.1) is 0 Å². The second-order valence-corrected chi connectivity index (χ2v) is 10.1. The van der Waals surface area contributed by atoms with Crippen LogP contribution >= 0.6 is 11.6 Å². The molecule has 33 heavy (non-hydrogen) atoms. The Morgan fingerprint density at radius 3 is 2.58 bits per heavy atom. The smallest absolute Gasteiger partial charge is 0.231 e. The minimum absolute atomic E-state index is 0.152. The minimum atomic E-state index is -0.300. The molecule has 0 saturated carbocycles. The number of halogens is 1. The lowest BCUT2D eigenvalue weighted by Crippen LogP contribution is -2.51. The Morgan fingerprint density at radius 2 is 1.88 bits per heavy atom. The number of likely N-dealkylation sites (tertiary alicyclic amines) is 1. The molecule has 1 amide bonds. The summed E-state index contributed by atoms with van der Waals surface area (Å²) in [5, 5.41) is 10.6. The number of rotatable bonds is 5. The first kappa shape index (κ1) is 22.6. The van der Waals surface area contributed by atoms with Gasteiger partial charge in [0, 0.05) is 62.1 Å². The standard InChI is InChI=1S/C25H32ClN5O2/c1-17-2-7-22-23(17)24(28-16-27-22)30-10-12-31(13-11-30)25(33)21(15-29-9-8-20(32)14-29)18-3-5-19(26)6-4-18/h3-6,16-17,20-21,32H,2,7-15H2,1H3/t17-,20-,21+/m1/s1. The second kappa shape index (κ2) is 9.57. The summed E-state index contributed by atoms with van der Waals surface area (Å²) in [5.41, 5.74) is 3.46. The van der Waals surface area contributed by atoms with Crippen LogP contribution in [0.1, 0.15) is 48.4 Å². The fourth-order valence-electron chi connectivity index (χ4n) is 5.49. The van der Waals surface area contributed by atoms with Crippen molar-refractivity contribution in [1.82, 2.24) is 19.8 Å². The van der Waals surface area contributed by atoms with Crippen molar-refractivity contribution in [3.8, 4) is 0 Å². The van der Waals surface area contributed by atoms with Crippen molar-refractivity contribution in [2.45, 2.75) is 44.1 Å². The maximum absolute atomic E-state index is 13.7. The molecule has 2 fully saturated rings. The number of aliphatic hydroxyl groups is 1. The third-order valence-corrected chi connectivity index (χ3v) is 7.65. The predicted octanol–water partition coefficient (Wildman–Crippen LogP) is 2.68. The Bertz CT molecular complexity index is 993. The summed E-state index contributed by atoms with van der Waals surface area (Å²) in [6, 6.07) is 7.62. The van der Waals surface area contributed by atoms with E-state index in [2.05, 4.69) is 26.7 Å². The van der Waals surface area contributed by atoms with Crippen molar-refractivity contribution in [3.05, 3.63) is 52.4 Å². The van der Waals surface area contributed by atoms with Gasteiger partial charge in [0.15, 0.2) is 0 Å². The Kier molecular flexibility index (Phi) is 6.54. The first-order valence-corrected chi connectivity index (χ1v) is 12.4. The summed E-state index contributed by atoms with van der Waals surface area (Å²) < 4.78 is 0. The molecule has 0 bridgehead atoms. The normalized spacial score (nSPS) is 24.2.